The number of thioether (sulfide) groups is 1. The van der Waals surface area contributed by atoms with E-state index in [1.807, 2.05) is 24.3 Å². The molecule has 0 radical (unpaired) electrons. The summed E-state index contributed by atoms with van der Waals surface area (Å²) in [6.45, 7) is 0. The van der Waals surface area contributed by atoms with E-state index in [1.54, 1.807) is 0 Å². The van der Waals surface area contributed by atoms with Crippen molar-refractivity contribution in [3.8, 4) is 0 Å². The summed E-state index contributed by atoms with van der Waals surface area (Å²) in [6.07, 6.45) is 0.524. The Kier molecular flexibility index (Phi) is 5.37. The number of rotatable bonds is 5. The molecule has 9 heteroatoms. The van der Waals surface area contributed by atoms with E-state index >= 15 is 0 Å². The van der Waals surface area contributed by atoms with Crippen molar-refractivity contribution >= 4 is 34.5 Å². The quantitative estimate of drug-likeness (QED) is 0.460. The fourth-order valence-electron chi connectivity index (χ4n) is 2.50. The number of hydrogen-bond donors (Lipinski definition) is 3. The van der Waals surface area contributed by atoms with Crippen molar-refractivity contribution < 1.29 is 9.59 Å². The maximum Gasteiger partial charge on any atom is 0.321 e. The molecule has 0 aliphatic carbocycles. The number of hydrogen-bond acceptors (Lipinski definition) is 6. The number of nitrogens with one attached hydrogen (secondary N) is 2. The van der Waals surface area contributed by atoms with Gasteiger partial charge in [0.1, 0.15) is 0 Å². The second-order valence-corrected chi connectivity index (χ2v) is 6.44. The minimum atomic E-state index is -0.554. The molecule has 0 fully saturated rings. The molecule has 1 heterocycles. The lowest BCUT2D eigenvalue weighted by Gasteiger charge is -2.07. The molecule has 0 saturated carbocycles. The maximum absolute atomic E-state index is 11.7. The Morgan fingerprint density at radius 2 is 1.92 bits per heavy atom. The minimum Gasteiger partial charge on any atom is -0.341 e. The summed E-state index contributed by atoms with van der Waals surface area (Å²) in [5, 5.41) is 15.3. The van der Waals surface area contributed by atoms with Crippen molar-refractivity contribution in [3.63, 3.8) is 0 Å². The van der Waals surface area contributed by atoms with Gasteiger partial charge in [-0.2, -0.15) is 0 Å². The summed E-state index contributed by atoms with van der Waals surface area (Å²) in [5.74, 6) is 6.24. The zero-order chi connectivity index (χ0) is 18.5. The molecule has 134 valence electrons. The number of amides is 3. The lowest BCUT2D eigenvalue weighted by molar-refractivity contribution is -0.117. The first-order valence-corrected chi connectivity index (χ1v) is 8.87. The summed E-state index contributed by atoms with van der Waals surface area (Å²) >= 11 is 1.11. The molecule has 0 aliphatic heterocycles. The van der Waals surface area contributed by atoms with Gasteiger partial charge in [0.2, 0.25) is 11.1 Å². The number of nitrogens with zero attached hydrogens (tertiary/aromatic N) is 3. The Balaban J connectivity index is 1.71. The van der Waals surface area contributed by atoms with Gasteiger partial charge in [-0.05, 0) is 16.3 Å². The molecule has 0 aliphatic rings. The third-order valence-electron chi connectivity index (χ3n) is 3.78. The zero-order valence-electron chi connectivity index (χ0n) is 14.1. The number of imide groups is 1. The first kappa shape index (κ1) is 17.7. The SMILES string of the molecule is CNC(=O)NC(=O)CSc1nnc(Cc2cccc3ccccc23)n1N. The van der Waals surface area contributed by atoms with Crippen LogP contribution in [0.5, 0.6) is 0 Å². The number of carbonyl (C=O) groups excluding carboxylic acids is 2. The summed E-state index contributed by atoms with van der Waals surface area (Å²) in [4.78, 5) is 22.8. The molecule has 2 aromatic carbocycles. The Morgan fingerprint density at radius 1 is 1.15 bits per heavy atom. The molecule has 0 atom stereocenters. The molecule has 1 aromatic heterocycles. The molecule has 3 aromatic rings. The van der Waals surface area contributed by atoms with Gasteiger partial charge in [-0.3, -0.25) is 10.1 Å². The maximum atomic E-state index is 11.7. The van der Waals surface area contributed by atoms with E-state index in [0.29, 0.717) is 17.4 Å². The molecule has 0 spiro atoms. The van der Waals surface area contributed by atoms with Crippen LogP contribution in [0.1, 0.15) is 11.4 Å². The van der Waals surface area contributed by atoms with Crippen molar-refractivity contribution in [3.05, 3.63) is 53.9 Å². The summed E-state index contributed by atoms with van der Waals surface area (Å²) in [5.41, 5.74) is 1.09. The third kappa shape index (κ3) is 3.94. The van der Waals surface area contributed by atoms with Gasteiger partial charge in [-0.1, -0.05) is 54.2 Å². The number of aromatic nitrogens is 3. The molecule has 0 saturated heterocycles. The first-order chi connectivity index (χ1) is 12.6. The smallest absolute Gasteiger partial charge is 0.321 e. The Hall–Kier alpha value is -3.07. The van der Waals surface area contributed by atoms with Gasteiger partial charge in [0.15, 0.2) is 5.82 Å². The highest BCUT2D eigenvalue weighted by Gasteiger charge is 2.14. The van der Waals surface area contributed by atoms with Crippen LogP contribution in [0.25, 0.3) is 10.8 Å². The highest BCUT2D eigenvalue weighted by atomic mass is 32.2. The van der Waals surface area contributed by atoms with Gasteiger partial charge in [0.05, 0.1) is 5.75 Å². The molecule has 8 nitrogen and oxygen atoms in total. The largest absolute Gasteiger partial charge is 0.341 e. The number of nitrogens with two attached hydrogens (primary N) is 1. The van der Waals surface area contributed by atoms with Gasteiger partial charge in [0.25, 0.3) is 0 Å². The first-order valence-electron chi connectivity index (χ1n) is 7.89. The van der Waals surface area contributed by atoms with E-state index in [2.05, 4.69) is 39.0 Å². The minimum absolute atomic E-state index is 0.0109. The van der Waals surface area contributed by atoms with E-state index in [1.165, 1.54) is 11.7 Å². The van der Waals surface area contributed by atoms with Crippen LogP contribution in [0.4, 0.5) is 4.79 Å². The number of urea groups is 1. The predicted molar refractivity (Wildman–Crippen MR) is 100 cm³/mol. The lowest BCUT2D eigenvalue weighted by Crippen LogP contribution is -2.38. The second-order valence-electron chi connectivity index (χ2n) is 5.50. The van der Waals surface area contributed by atoms with Gasteiger partial charge in [-0.15, -0.1) is 10.2 Å². The van der Waals surface area contributed by atoms with Gasteiger partial charge < -0.3 is 11.2 Å². The van der Waals surface area contributed by atoms with E-state index < -0.39 is 11.9 Å². The van der Waals surface area contributed by atoms with Crippen LogP contribution in [0.3, 0.4) is 0 Å². The molecule has 0 unspecified atom stereocenters. The molecule has 4 N–H and O–H groups in total. The lowest BCUT2D eigenvalue weighted by atomic mass is 10.0. The van der Waals surface area contributed by atoms with Crippen LogP contribution in [-0.2, 0) is 11.2 Å². The molecule has 3 rings (SSSR count). The predicted octanol–water partition coefficient (Wildman–Crippen LogP) is 1.28. The third-order valence-corrected chi connectivity index (χ3v) is 4.72. The van der Waals surface area contributed by atoms with E-state index in [-0.39, 0.29) is 5.75 Å². The van der Waals surface area contributed by atoms with Gasteiger partial charge in [0, 0.05) is 13.5 Å². The Labute approximate surface area is 154 Å². The summed E-state index contributed by atoms with van der Waals surface area (Å²) < 4.78 is 1.37. The summed E-state index contributed by atoms with van der Waals surface area (Å²) in [6, 6.07) is 13.6. The Morgan fingerprint density at radius 3 is 2.73 bits per heavy atom. The van der Waals surface area contributed by atoms with Crippen molar-refractivity contribution in [1.82, 2.24) is 25.5 Å². The fourth-order valence-corrected chi connectivity index (χ4v) is 3.17. The van der Waals surface area contributed by atoms with Gasteiger partial charge >= 0.3 is 6.03 Å². The van der Waals surface area contributed by atoms with Gasteiger partial charge in [-0.25, -0.2) is 9.47 Å². The van der Waals surface area contributed by atoms with Crippen LogP contribution in [0, 0.1) is 0 Å². The highest BCUT2D eigenvalue weighted by molar-refractivity contribution is 7.99. The average Bonchev–Trinajstić information content (AvgIpc) is 3.00. The molecule has 0 bridgehead atoms. The van der Waals surface area contributed by atoms with Crippen LogP contribution >= 0.6 is 11.8 Å². The van der Waals surface area contributed by atoms with Crippen molar-refractivity contribution in [2.75, 3.05) is 18.6 Å². The highest BCUT2D eigenvalue weighted by Crippen LogP contribution is 2.22. The van der Waals surface area contributed by atoms with E-state index in [9.17, 15) is 9.59 Å². The van der Waals surface area contributed by atoms with Crippen LogP contribution < -0.4 is 16.5 Å². The van der Waals surface area contributed by atoms with E-state index in [4.69, 9.17) is 5.84 Å². The van der Waals surface area contributed by atoms with Crippen LogP contribution in [0.2, 0.25) is 0 Å². The average molecular weight is 370 g/mol. The Bertz CT molecular complexity index is 950. The number of carbonyl (C=O) groups is 2. The molecule has 26 heavy (non-hydrogen) atoms. The topological polar surface area (TPSA) is 115 Å². The number of nitrogen functional groups attached to an aromatic ring is 1. The van der Waals surface area contributed by atoms with E-state index in [0.717, 1.165) is 28.1 Å². The summed E-state index contributed by atoms with van der Waals surface area (Å²) in [7, 11) is 1.44. The van der Waals surface area contributed by atoms with Crippen LogP contribution in [-0.4, -0.2) is 39.6 Å². The van der Waals surface area contributed by atoms with Crippen molar-refractivity contribution in [1.29, 1.82) is 0 Å². The number of fused-ring (bicyclic) bond motifs is 1. The molecular formula is C17H18N6O2S. The standard InChI is InChI=1S/C17H18N6O2S/c1-19-16(25)20-15(24)10-26-17-22-21-14(23(17)18)9-12-7-4-6-11-5-2-3-8-13(11)12/h2-8H,9-10,18H2,1H3,(H2,19,20,24,25). The van der Waals surface area contributed by atoms with Crippen LogP contribution in [0.15, 0.2) is 47.6 Å². The zero-order valence-corrected chi connectivity index (χ0v) is 14.9. The number of benzene rings is 2. The van der Waals surface area contributed by atoms with Crippen molar-refractivity contribution in [2.24, 2.45) is 0 Å². The fraction of sp³-hybridized carbons (Fsp3) is 0.176. The second kappa shape index (κ2) is 7.87. The van der Waals surface area contributed by atoms with Crippen molar-refractivity contribution in [2.45, 2.75) is 11.6 Å². The monoisotopic (exact) mass is 370 g/mol. The molecule has 3 amide bonds. The normalized spacial score (nSPS) is 10.7. The molecular weight excluding hydrogens is 352 g/mol.